The normalized spacial score (nSPS) is 15.3. The number of para-hydroxylation sites is 1. The Labute approximate surface area is 85.2 Å². The summed E-state index contributed by atoms with van der Waals surface area (Å²) in [5.41, 5.74) is 0.974. The van der Waals surface area contributed by atoms with Crippen molar-refractivity contribution in [3.05, 3.63) is 29.8 Å². The van der Waals surface area contributed by atoms with Crippen molar-refractivity contribution >= 4 is 12.6 Å². The largest absolute Gasteiger partial charge is 0.508 e. The van der Waals surface area contributed by atoms with Crippen LogP contribution in [-0.4, -0.2) is 10.9 Å². The topological polar surface area (TPSA) is 20.2 Å². The van der Waals surface area contributed by atoms with Gasteiger partial charge in [-0.2, -0.15) is 12.6 Å². The Morgan fingerprint density at radius 3 is 2.46 bits per heavy atom. The maximum atomic E-state index is 9.67. The van der Waals surface area contributed by atoms with E-state index in [-0.39, 0.29) is 5.41 Å². The molecule has 0 fully saturated rings. The molecule has 0 heterocycles. The van der Waals surface area contributed by atoms with Crippen molar-refractivity contribution in [2.45, 2.75) is 25.7 Å². The lowest BCUT2D eigenvalue weighted by Gasteiger charge is -2.27. The summed E-state index contributed by atoms with van der Waals surface area (Å²) < 4.78 is 0. The number of phenolic OH excluding ortho intramolecular Hbond substituents is 1. The van der Waals surface area contributed by atoms with Crippen LogP contribution in [0.15, 0.2) is 24.3 Å². The maximum absolute atomic E-state index is 9.67. The molecule has 0 amide bonds. The summed E-state index contributed by atoms with van der Waals surface area (Å²) in [4.78, 5) is 0. The lowest BCUT2D eigenvalue weighted by atomic mass is 9.81. The number of rotatable bonds is 3. The van der Waals surface area contributed by atoms with Crippen LogP contribution in [0.2, 0.25) is 0 Å². The van der Waals surface area contributed by atoms with Gasteiger partial charge in [0.25, 0.3) is 0 Å². The molecule has 1 nitrogen and oxygen atoms in total. The first-order chi connectivity index (χ1) is 6.14. The van der Waals surface area contributed by atoms with Gasteiger partial charge in [0, 0.05) is 11.0 Å². The number of benzene rings is 1. The van der Waals surface area contributed by atoms with Gasteiger partial charge in [-0.25, -0.2) is 0 Å². The lowest BCUT2D eigenvalue weighted by molar-refractivity contribution is 0.432. The third kappa shape index (κ3) is 1.99. The van der Waals surface area contributed by atoms with Crippen molar-refractivity contribution in [1.82, 2.24) is 0 Å². The van der Waals surface area contributed by atoms with Crippen LogP contribution >= 0.6 is 12.6 Å². The zero-order chi connectivity index (χ0) is 9.90. The summed E-state index contributed by atoms with van der Waals surface area (Å²) in [7, 11) is 0. The molecule has 0 bridgehead atoms. The summed E-state index contributed by atoms with van der Waals surface area (Å²) >= 11 is 4.33. The van der Waals surface area contributed by atoms with E-state index in [4.69, 9.17) is 0 Å². The second-order valence-electron chi connectivity index (χ2n) is 3.59. The first-order valence-electron chi connectivity index (χ1n) is 4.53. The molecule has 0 saturated carbocycles. The van der Waals surface area contributed by atoms with Crippen LogP contribution in [0.25, 0.3) is 0 Å². The highest BCUT2D eigenvalue weighted by atomic mass is 32.1. The standard InChI is InChI=1S/C11H16OS/c1-3-11(2,8-13)9-6-4-5-7-10(9)12/h4-7,12-13H,3,8H2,1-2H3. The molecule has 0 aliphatic rings. The Morgan fingerprint density at radius 2 is 2.00 bits per heavy atom. The molecule has 1 atom stereocenters. The minimum Gasteiger partial charge on any atom is -0.508 e. The fourth-order valence-corrected chi connectivity index (χ4v) is 1.77. The van der Waals surface area contributed by atoms with E-state index >= 15 is 0 Å². The van der Waals surface area contributed by atoms with Gasteiger partial charge in [-0.1, -0.05) is 32.0 Å². The smallest absolute Gasteiger partial charge is 0.119 e. The van der Waals surface area contributed by atoms with Gasteiger partial charge in [0.05, 0.1) is 0 Å². The minimum atomic E-state index is -0.0194. The fourth-order valence-electron chi connectivity index (χ4n) is 1.37. The molecule has 1 rings (SSSR count). The number of aromatic hydroxyl groups is 1. The first kappa shape index (κ1) is 10.5. The average molecular weight is 196 g/mol. The van der Waals surface area contributed by atoms with E-state index in [2.05, 4.69) is 26.5 Å². The monoisotopic (exact) mass is 196 g/mol. The molecule has 0 aliphatic heterocycles. The number of hydrogen-bond acceptors (Lipinski definition) is 2. The van der Waals surface area contributed by atoms with Crippen LogP contribution in [0.1, 0.15) is 25.8 Å². The molecular weight excluding hydrogens is 180 g/mol. The van der Waals surface area contributed by atoms with Crippen molar-refractivity contribution in [1.29, 1.82) is 0 Å². The Kier molecular flexibility index (Phi) is 3.26. The maximum Gasteiger partial charge on any atom is 0.119 e. The van der Waals surface area contributed by atoms with Crippen molar-refractivity contribution in [2.75, 3.05) is 5.75 Å². The second-order valence-corrected chi connectivity index (χ2v) is 3.91. The highest BCUT2D eigenvalue weighted by Gasteiger charge is 2.25. The van der Waals surface area contributed by atoms with Crippen LogP contribution < -0.4 is 0 Å². The molecule has 2 heteroatoms. The first-order valence-corrected chi connectivity index (χ1v) is 5.16. The van der Waals surface area contributed by atoms with E-state index in [9.17, 15) is 5.11 Å². The summed E-state index contributed by atoms with van der Waals surface area (Å²) in [6.07, 6.45) is 0.980. The Balaban J connectivity index is 3.12. The predicted octanol–water partition coefficient (Wildman–Crippen LogP) is 2.99. The second kappa shape index (κ2) is 4.05. The summed E-state index contributed by atoms with van der Waals surface area (Å²) in [6, 6.07) is 7.49. The molecule has 13 heavy (non-hydrogen) atoms. The van der Waals surface area contributed by atoms with Crippen LogP contribution in [0.4, 0.5) is 0 Å². The minimum absolute atomic E-state index is 0.0194. The predicted molar refractivity (Wildman–Crippen MR) is 59.6 cm³/mol. The highest BCUT2D eigenvalue weighted by molar-refractivity contribution is 7.80. The van der Waals surface area contributed by atoms with Gasteiger partial charge < -0.3 is 5.11 Å². The molecule has 1 unspecified atom stereocenters. The summed E-state index contributed by atoms with van der Waals surface area (Å²) in [6.45, 7) is 4.23. The van der Waals surface area contributed by atoms with Crippen molar-refractivity contribution in [3.63, 3.8) is 0 Å². The van der Waals surface area contributed by atoms with Crippen LogP contribution in [-0.2, 0) is 5.41 Å². The Bertz CT molecular complexity index is 279. The molecule has 0 radical (unpaired) electrons. The van der Waals surface area contributed by atoms with Crippen molar-refractivity contribution in [3.8, 4) is 5.75 Å². The Hall–Kier alpha value is -0.630. The van der Waals surface area contributed by atoms with E-state index < -0.39 is 0 Å². The third-order valence-corrected chi connectivity index (χ3v) is 3.38. The van der Waals surface area contributed by atoms with E-state index in [1.165, 1.54) is 0 Å². The van der Waals surface area contributed by atoms with Gasteiger partial charge in [-0.05, 0) is 18.2 Å². The third-order valence-electron chi connectivity index (χ3n) is 2.68. The van der Waals surface area contributed by atoms with Crippen LogP contribution in [0.3, 0.4) is 0 Å². The van der Waals surface area contributed by atoms with Crippen molar-refractivity contribution < 1.29 is 5.11 Å². The van der Waals surface area contributed by atoms with Gasteiger partial charge in [-0.15, -0.1) is 0 Å². The molecule has 0 aromatic heterocycles. The zero-order valence-corrected chi connectivity index (χ0v) is 9.01. The molecule has 1 N–H and O–H groups in total. The molecule has 72 valence electrons. The van der Waals surface area contributed by atoms with Gasteiger partial charge in [0.1, 0.15) is 5.75 Å². The van der Waals surface area contributed by atoms with Gasteiger partial charge in [0.15, 0.2) is 0 Å². The Morgan fingerprint density at radius 1 is 1.38 bits per heavy atom. The number of hydrogen-bond donors (Lipinski definition) is 2. The quantitative estimate of drug-likeness (QED) is 0.712. The average Bonchev–Trinajstić information content (AvgIpc) is 2.17. The van der Waals surface area contributed by atoms with E-state index in [0.717, 1.165) is 17.7 Å². The van der Waals surface area contributed by atoms with Gasteiger partial charge in [-0.3, -0.25) is 0 Å². The van der Waals surface area contributed by atoms with E-state index in [1.54, 1.807) is 6.07 Å². The molecule has 0 spiro atoms. The fraction of sp³-hybridized carbons (Fsp3) is 0.455. The zero-order valence-electron chi connectivity index (χ0n) is 8.12. The van der Waals surface area contributed by atoms with E-state index in [0.29, 0.717) is 5.75 Å². The highest BCUT2D eigenvalue weighted by Crippen LogP contribution is 2.34. The summed E-state index contributed by atoms with van der Waals surface area (Å²) in [5.74, 6) is 1.13. The number of phenols is 1. The number of thiol groups is 1. The van der Waals surface area contributed by atoms with E-state index in [1.807, 2.05) is 18.2 Å². The molecular formula is C11H16OS. The SMILES string of the molecule is CCC(C)(CS)c1ccccc1O. The lowest BCUT2D eigenvalue weighted by Crippen LogP contribution is -2.22. The van der Waals surface area contributed by atoms with Gasteiger partial charge >= 0.3 is 0 Å². The van der Waals surface area contributed by atoms with Crippen LogP contribution in [0, 0.1) is 0 Å². The molecule has 0 aliphatic carbocycles. The van der Waals surface area contributed by atoms with Gasteiger partial charge in [0.2, 0.25) is 0 Å². The van der Waals surface area contributed by atoms with Crippen molar-refractivity contribution in [2.24, 2.45) is 0 Å². The summed E-state index contributed by atoms with van der Waals surface area (Å²) in [5, 5.41) is 9.67. The molecule has 1 aromatic rings. The molecule has 1 aromatic carbocycles. The molecule has 0 saturated heterocycles. The van der Waals surface area contributed by atoms with Crippen LogP contribution in [0.5, 0.6) is 5.75 Å².